The molecule has 1 fully saturated rings. The molecule has 4 rings (SSSR count). The van der Waals surface area contributed by atoms with Crippen molar-refractivity contribution in [1.82, 2.24) is 20.7 Å². The molecule has 146 valence electrons. The van der Waals surface area contributed by atoms with Crippen molar-refractivity contribution in [3.8, 4) is 0 Å². The summed E-state index contributed by atoms with van der Waals surface area (Å²) >= 11 is 0. The van der Waals surface area contributed by atoms with Crippen molar-refractivity contribution in [2.24, 2.45) is 0 Å². The number of carbonyl (C=O) groups excluding carboxylic acids is 1. The van der Waals surface area contributed by atoms with Gasteiger partial charge in [-0.15, -0.1) is 0 Å². The third-order valence-electron chi connectivity index (χ3n) is 5.29. The van der Waals surface area contributed by atoms with Crippen molar-refractivity contribution < 1.29 is 9.32 Å². The SMILES string of the molecule is Cc1ccc2onc(CNC(=O)NC3CCN(Cc4ccccc4)CC3)c2c1. The third kappa shape index (κ3) is 4.51. The first-order valence-corrected chi connectivity index (χ1v) is 9.83. The number of hydrogen-bond donors (Lipinski definition) is 2. The zero-order valence-corrected chi connectivity index (χ0v) is 16.1. The number of aromatic nitrogens is 1. The number of piperidine rings is 1. The molecule has 0 unspecified atom stereocenters. The van der Waals surface area contributed by atoms with Gasteiger partial charge < -0.3 is 15.2 Å². The quantitative estimate of drug-likeness (QED) is 0.712. The Morgan fingerprint density at radius 1 is 1.18 bits per heavy atom. The molecule has 2 aromatic carbocycles. The van der Waals surface area contributed by atoms with Crippen molar-refractivity contribution >= 4 is 17.0 Å². The van der Waals surface area contributed by atoms with Gasteiger partial charge in [-0.05, 0) is 37.5 Å². The highest BCUT2D eigenvalue weighted by Gasteiger charge is 2.21. The predicted octanol–water partition coefficient (Wildman–Crippen LogP) is 3.60. The van der Waals surface area contributed by atoms with Crippen LogP contribution in [0.1, 0.15) is 29.7 Å². The summed E-state index contributed by atoms with van der Waals surface area (Å²) in [6.45, 7) is 5.34. The van der Waals surface area contributed by atoms with E-state index in [1.807, 2.05) is 31.2 Å². The van der Waals surface area contributed by atoms with Gasteiger partial charge in [-0.25, -0.2) is 4.79 Å². The molecule has 3 aromatic rings. The number of amides is 2. The van der Waals surface area contributed by atoms with Gasteiger partial charge in [0.25, 0.3) is 0 Å². The van der Waals surface area contributed by atoms with E-state index in [0.717, 1.165) is 54.7 Å². The number of likely N-dealkylation sites (tertiary alicyclic amines) is 1. The van der Waals surface area contributed by atoms with E-state index in [0.29, 0.717) is 6.54 Å². The number of nitrogens with one attached hydrogen (secondary N) is 2. The van der Waals surface area contributed by atoms with Crippen LogP contribution in [0.2, 0.25) is 0 Å². The number of rotatable bonds is 5. The van der Waals surface area contributed by atoms with Gasteiger partial charge in [0.1, 0.15) is 5.69 Å². The van der Waals surface area contributed by atoms with E-state index < -0.39 is 0 Å². The Hall–Kier alpha value is -2.86. The van der Waals surface area contributed by atoms with Crippen LogP contribution in [-0.2, 0) is 13.1 Å². The lowest BCUT2D eigenvalue weighted by molar-refractivity contribution is 0.186. The van der Waals surface area contributed by atoms with Crippen LogP contribution in [0.5, 0.6) is 0 Å². The average molecular weight is 378 g/mol. The smallest absolute Gasteiger partial charge is 0.315 e. The van der Waals surface area contributed by atoms with Crippen LogP contribution in [0.4, 0.5) is 4.79 Å². The lowest BCUT2D eigenvalue weighted by Gasteiger charge is -2.32. The molecule has 28 heavy (non-hydrogen) atoms. The van der Waals surface area contributed by atoms with Gasteiger partial charge in [-0.2, -0.15) is 0 Å². The van der Waals surface area contributed by atoms with Crippen LogP contribution < -0.4 is 10.6 Å². The number of fused-ring (bicyclic) bond motifs is 1. The summed E-state index contributed by atoms with van der Waals surface area (Å²) in [6, 6.07) is 16.5. The van der Waals surface area contributed by atoms with Gasteiger partial charge in [0.05, 0.1) is 6.54 Å². The van der Waals surface area contributed by atoms with E-state index in [1.165, 1.54) is 5.56 Å². The summed E-state index contributed by atoms with van der Waals surface area (Å²) in [4.78, 5) is 14.7. The Kier molecular flexibility index (Phi) is 5.58. The third-order valence-corrected chi connectivity index (χ3v) is 5.29. The van der Waals surface area contributed by atoms with Crippen molar-refractivity contribution in [3.05, 3.63) is 65.4 Å². The van der Waals surface area contributed by atoms with Crippen LogP contribution in [0.3, 0.4) is 0 Å². The molecule has 0 bridgehead atoms. The monoisotopic (exact) mass is 378 g/mol. The van der Waals surface area contributed by atoms with Crippen LogP contribution in [0.15, 0.2) is 53.1 Å². The number of aryl methyl sites for hydroxylation is 1. The minimum absolute atomic E-state index is 0.148. The Morgan fingerprint density at radius 3 is 2.75 bits per heavy atom. The molecular formula is C22H26N4O2. The van der Waals surface area contributed by atoms with Gasteiger partial charge in [0.15, 0.2) is 5.58 Å². The molecule has 1 saturated heterocycles. The number of benzene rings is 2. The first kappa shape index (κ1) is 18.5. The number of carbonyl (C=O) groups is 1. The standard InChI is InChI=1S/C22H26N4O2/c1-16-7-8-21-19(13-16)20(25-28-21)14-23-22(27)24-18-9-11-26(12-10-18)15-17-5-3-2-4-6-17/h2-8,13,18H,9-12,14-15H2,1H3,(H2,23,24,27). The number of urea groups is 1. The van der Waals surface area contributed by atoms with Gasteiger partial charge >= 0.3 is 6.03 Å². The Labute approximate surface area is 164 Å². The molecule has 2 heterocycles. The molecule has 6 nitrogen and oxygen atoms in total. The van der Waals surface area contributed by atoms with Crippen molar-refractivity contribution in [2.75, 3.05) is 13.1 Å². The predicted molar refractivity (Wildman–Crippen MR) is 109 cm³/mol. The molecule has 0 radical (unpaired) electrons. The van der Waals surface area contributed by atoms with Crippen LogP contribution in [-0.4, -0.2) is 35.2 Å². The minimum atomic E-state index is -0.148. The molecular weight excluding hydrogens is 352 g/mol. The number of hydrogen-bond acceptors (Lipinski definition) is 4. The highest BCUT2D eigenvalue weighted by molar-refractivity contribution is 5.81. The number of nitrogens with zero attached hydrogens (tertiary/aromatic N) is 2. The summed E-state index contributed by atoms with van der Waals surface area (Å²) in [5.74, 6) is 0. The molecule has 0 saturated carbocycles. The zero-order chi connectivity index (χ0) is 19.3. The topological polar surface area (TPSA) is 70.4 Å². The molecule has 0 atom stereocenters. The van der Waals surface area contributed by atoms with Crippen molar-refractivity contribution in [3.63, 3.8) is 0 Å². The van der Waals surface area contributed by atoms with Gasteiger partial charge in [-0.1, -0.05) is 47.1 Å². The van der Waals surface area contributed by atoms with E-state index in [9.17, 15) is 4.79 Å². The highest BCUT2D eigenvalue weighted by Crippen LogP contribution is 2.19. The van der Waals surface area contributed by atoms with E-state index in [1.54, 1.807) is 0 Å². The fourth-order valence-electron chi connectivity index (χ4n) is 3.71. The summed E-state index contributed by atoms with van der Waals surface area (Å²) < 4.78 is 5.32. The molecule has 0 aliphatic carbocycles. The maximum Gasteiger partial charge on any atom is 0.315 e. The lowest BCUT2D eigenvalue weighted by Crippen LogP contribution is -2.47. The lowest BCUT2D eigenvalue weighted by atomic mass is 10.0. The second kappa shape index (κ2) is 8.44. The van der Waals surface area contributed by atoms with Crippen molar-refractivity contribution in [1.29, 1.82) is 0 Å². The summed E-state index contributed by atoms with van der Waals surface area (Å²) in [5, 5.41) is 11.0. The van der Waals surface area contributed by atoms with E-state index in [2.05, 4.69) is 45.0 Å². The Balaban J connectivity index is 1.23. The maximum atomic E-state index is 12.3. The first-order chi connectivity index (χ1) is 13.7. The molecule has 1 aromatic heterocycles. The minimum Gasteiger partial charge on any atom is -0.356 e. The fraction of sp³-hybridized carbons (Fsp3) is 0.364. The normalized spacial score (nSPS) is 15.6. The molecule has 0 spiro atoms. The van der Waals surface area contributed by atoms with Gasteiger partial charge in [0, 0.05) is 31.1 Å². The summed E-state index contributed by atoms with van der Waals surface area (Å²) in [7, 11) is 0. The van der Waals surface area contributed by atoms with Gasteiger partial charge in [-0.3, -0.25) is 4.90 Å². The maximum absolute atomic E-state index is 12.3. The van der Waals surface area contributed by atoms with Crippen LogP contribution >= 0.6 is 0 Å². The molecule has 2 amide bonds. The largest absolute Gasteiger partial charge is 0.356 e. The van der Waals surface area contributed by atoms with E-state index >= 15 is 0 Å². The second-order valence-corrected chi connectivity index (χ2v) is 7.49. The Morgan fingerprint density at radius 2 is 1.96 bits per heavy atom. The highest BCUT2D eigenvalue weighted by atomic mass is 16.5. The van der Waals surface area contributed by atoms with E-state index in [-0.39, 0.29) is 12.1 Å². The van der Waals surface area contributed by atoms with Crippen LogP contribution in [0.25, 0.3) is 11.0 Å². The molecule has 1 aliphatic heterocycles. The molecule has 2 N–H and O–H groups in total. The zero-order valence-electron chi connectivity index (χ0n) is 16.1. The molecule has 6 heteroatoms. The van der Waals surface area contributed by atoms with E-state index in [4.69, 9.17) is 4.52 Å². The first-order valence-electron chi connectivity index (χ1n) is 9.83. The van der Waals surface area contributed by atoms with Crippen LogP contribution in [0, 0.1) is 6.92 Å². The Bertz CT molecular complexity index is 930. The fourth-order valence-corrected chi connectivity index (χ4v) is 3.71. The second-order valence-electron chi connectivity index (χ2n) is 7.49. The summed E-state index contributed by atoms with van der Waals surface area (Å²) in [5.41, 5.74) is 3.98. The summed E-state index contributed by atoms with van der Waals surface area (Å²) in [6.07, 6.45) is 1.93. The average Bonchev–Trinajstić information content (AvgIpc) is 3.11. The molecule has 1 aliphatic rings. The van der Waals surface area contributed by atoms with Crippen molar-refractivity contribution in [2.45, 2.75) is 38.9 Å². The van der Waals surface area contributed by atoms with Gasteiger partial charge in [0.2, 0.25) is 0 Å².